The summed E-state index contributed by atoms with van der Waals surface area (Å²) >= 11 is 0. The summed E-state index contributed by atoms with van der Waals surface area (Å²) in [6.07, 6.45) is -0.753. The van der Waals surface area contributed by atoms with Gasteiger partial charge >= 0.3 is 0 Å². The van der Waals surface area contributed by atoms with Crippen LogP contribution >= 0.6 is 0 Å². The number of nitrogens with two attached hydrogens (primary N) is 1. The first kappa shape index (κ1) is 9.84. The zero-order valence-corrected chi connectivity index (χ0v) is 5.90. The average molecular weight is 149 g/mol. The Morgan fingerprint density at radius 3 is 2.20 bits per heavy atom. The third-order valence-corrected chi connectivity index (χ3v) is 1.34. The first-order chi connectivity index (χ1) is 4.72. The topological polar surface area (TPSA) is 86.7 Å². The lowest BCUT2D eigenvalue weighted by Gasteiger charge is -2.14. The lowest BCUT2D eigenvalue weighted by molar-refractivity contribution is -0.0180. The quantitative estimate of drug-likeness (QED) is 0.381. The Labute approximate surface area is 60.3 Å². The molecule has 2 unspecified atom stereocenters. The Hall–Kier alpha value is -0.160. The SMILES string of the molecule is NCCCC(O)C(O)CO. The second-order valence-electron chi connectivity index (χ2n) is 2.25. The van der Waals surface area contributed by atoms with Gasteiger partial charge in [0, 0.05) is 0 Å². The molecule has 0 radical (unpaired) electrons. The van der Waals surface area contributed by atoms with Crippen LogP contribution in [-0.4, -0.2) is 40.7 Å². The standard InChI is InChI=1S/C6H15NO3/c7-3-1-2-5(9)6(10)4-8/h5-6,8-10H,1-4,7H2. The van der Waals surface area contributed by atoms with Crippen molar-refractivity contribution in [2.75, 3.05) is 13.2 Å². The molecule has 0 saturated carbocycles. The number of hydrogen-bond acceptors (Lipinski definition) is 4. The van der Waals surface area contributed by atoms with E-state index in [1.807, 2.05) is 0 Å². The van der Waals surface area contributed by atoms with Crippen LogP contribution in [0.15, 0.2) is 0 Å². The van der Waals surface area contributed by atoms with Crippen LogP contribution in [-0.2, 0) is 0 Å². The van der Waals surface area contributed by atoms with Crippen molar-refractivity contribution in [3.63, 3.8) is 0 Å². The Bertz CT molecular complexity index is 79.4. The number of aliphatic hydroxyl groups is 3. The molecule has 0 bridgehead atoms. The molecular weight excluding hydrogens is 134 g/mol. The lowest BCUT2D eigenvalue weighted by atomic mass is 10.1. The van der Waals surface area contributed by atoms with Crippen LogP contribution in [0.4, 0.5) is 0 Å². The summed E-state index contributed by atoms with van der Waals surface area (Å²) in [6, 6.07) is 0. The van der Waals surface area contributed by atoms with E-state index in [4.69, 9.17) is 21.1 Å². The lowest BCUT2D eigenvalue weighted by Crippen LogP contribution is -2.29. The van der Waals surface area contributed by atoms with Gasteiger partial charge in [0.05, 0.1) is 12.7 Å². The normalized spacial score (nSPS) is 16.8. The molecule has 0 aliphatic carbocycles. The Morgan fingerprint density at radius 1 is 1.20 bits per heavy atom. The maximum Gasteiger partial charge on any atom is 0.103 e. The Morgan fingerprint density at radius 2 is 1.80 bits per heavy atom. The van der Waals surface area contributed by atoms with Gasteiger partial charge in [-0.05, 0) is 19.4 Å². The third kappa shape index (κ3) is 3.79. The third-order valence-electron chi connectivity index (χ3n) is 1.34. The molecule has 10 heavy (non-hydrogen) atoms. The van der Waals surface area contributed by atoms with Gasteiger partial charge in [-0.3, -0.25) is 0 Å². The predicted molar refractivity (Wildman–Crippen MR) is 37.4 cm³/mol. The maximum atomic E-state index is 8.98. The van der Waals surface area contributed by atoms with E-state index in [9.17, 15) is 0 Å². The molecule has 0 rings (SSSR count). The smallest absolute Gasteiger partial charge is 0.103 e. The van der Waals surface area contributed by atoms with Gasteiger partial charge in [0.2, 0.25) is 0 Å². The highest BCUT2D eigenvalue weighted by atomic mass is 16.4. The van der Waals surface area contributed by atoms with E-state index in [-0.39, 0.29) is 0 Å². The molecule has 5 N–H and O–H groups in total. The second-order valence-corrected chi connectivity index (χ2v) is 2.25. The Balaban J connectivity index is 3.31. The van der Waals surface area contributed by atoms with Gasteiger partial charge in [0.15, 0.2) is 0 Å². The highest BCUT2D eigenvalue weighted by Gasteiger charge is 2.13. The molecule has 0 aromatic carbocycles. The van der Waals surface area contributed by atoms with E-state index >= 15 is 0 Å². The molecule has 62 valence electrons. The van der Waals surface area contributed by atoms with Crippen molar-refractivity contribution in [1.82, 2.24) is 0 Å². The fourth-order valence-electron chi connectivity index (χ4n) is 0.641. The predicted octanol–water partition coefficient (Wildman–Crippen LogP) is -1.56. The number of rotatable bonds is 5. The summed E-state index contributed by atoms with van der Waals surface area (Å²) in [5, 5.41) is 26.2. The summed E-state index contributed by atoms with van der Waals surface area (Å²) in [4.78, 5) is 0. The van der Waals surface area contributed by atoms with Crippen LogP contribution in [0.2, 0.25) is 0 Å². The van der Waals surface area contributed by atoms with Crippen LogP contribution in [0.5, 0.6) is 0 Å². The minimum Gasteiger partial charge on any atom is -0.394 e. The van der Waals surface area contributed by atoms with Crippen LogP contribution in [0, 0.1) is 0 Å². The van der Waals surface area contributed by atoms with Gasteiger partial charge < -0.3 is 21.1 Å². The van der Waals surface area contributed by atoms with Gasteiger partial charge in [-0.2, -0.15) is 0 Å². The van der Waals surface area contributed by atoms with E-state index in [1.54, 1.807) is 0 Å². The molecule has 0 fully saturated rings. The van der Waals surface area contributed by atoms with Crippen LogP contribution in [0.1, 0.15) is 12.8 Å². The van der Waals surface area contributed by atoms with Crippen molar-refractivity contribution in [3.8, 4) is 0 Å². The highest BCUT2D eigenvalue weighted by Crippen LogP contribution is 2.00. The molecule has 0 saturated heterocycles. The zero-order chi connectivity index (χ0) is 7.98. The first-order valence-corrected chi connectivity index (χ1v) is 3.39. The van der Waals surface area contributed by atoms with E-state index < -0.39 is 18.8 Å². The van der Waals surface area contributed by atoms with Gasteiger partial charge in [0.1, 0.15) is 6.10 Å². The molecule has 4 nitrogen and oxygen atoms in total. The summed E-state index contributed by atoms with van der Waals surface area (Å²) < 4.78 is 0. The van der Waals surface area contributed by atoms with Gasteiger partial charge in [0.25, 0.3) is 0 Å². The number of hydrogen-bond donors (Lipinski definition) is 4. The molecule has 0 heterocycles. The molecule has 4 heteroatoms. The maximum absolute atomic E-state index is 8.98. The molecule has 0 aromatic heterocycles. The second kappa shape index (κ2) is 5.61. The fraction of sp³-hybridized carbons (Fsp3) is 1.00. The molecule has 0 amide bonds. The average Bonchev–Trinajstić information content (AvgIpc) is 1.98. The largest absolute Gasteiger partial charge is 0.394 e. The minimum atomic E-state index is -1.02. The summed E-state index contributed by atoms with van der Waals surface area (Å²) in [5.41, 5.74) is 5.16. The number of aliphatic hydroxyl groups excluding tert-OH is 3. The molecular formula is C6H15NO3. The van der Waals surface area contributed by atoms with Gasteiger partial charge in [-0.25, -0.2) is 0 Å². The van der Waals surface area contributed by atoms with E-state index in [0.717, 1.165) is 0 Å². The van der Waals surface area contributed by atoms with Crippen LogP contribution in [0.3, 0.4) is 0 Å². The molecule has 0 spiro atoms. The van der Waals surface area contributed by atoms with E-state index in [1.165, 1.54) is 0 Å². The van der Waals surface area contributed by atoms with Crippen molar-refractivity contribution in [1.29, 1.82) is 0 Å². The van der Waals surface area contributed by atoms with Crippen LogP contribution < -0.4 is 5.73 Å². The fourth-order valence-corrected chi connectivity index (χ4v) is 0.641. The zero-order valence-electron chi connectivity index (χ0n) is 5.90. The minimum absolute atomic E-state index is 0.397. The van der Waals surface area contributed by atoms with Crippen molar-refractivity contribution >= 4 is 0 Å². The summed E-state index contributed by atoms with van der Waals surface area (Å²) in [7, 11) is 0. The first-order valence-electron chi connectivity index (χ1n) is 3.39. The van der Waals surface area contributed by atoms with Crippen molar-refractivity contribution in [3.05, 3.63) is 0 Å². The van der Waals surface area contributed by atoms with E-state index in [2.05, 4.69) is 0 Å². The van der Waals surface area contributed by atoms with Gasteiger partial charge in [-0.15, -0.1) is 0 Å². The molecule has 0 aliphatic rings. The van der Waals surface area contributed by atoms with Crippen molar-refractivity contribution < 1.29 is 15.3 Å². The summed E-state index contributed by atoms with van der Waals surface area (Å²) in [6.45, 7) is 0.0982. The van der Waals surface area contributed by atoms with Crippen molar-refractivity contribution in [2.45, 2.75) is 25.0 Å². The van der Waals surface area contributed by atoms with E-state index in [0.29, 0.717) is 19.4 Å². The molecule has 2 atom stereocenters. The monoisotopic (exact) mass is 149 g/mol. The highest BCUT2D eigenvalue weighted by molar-refractivity contribution is 4.65. The van der Waals surface area contributed by atoms with Gasteiger partial charge in [-0.1, -0.05) is 0 Å². The molecule has 0 aliphatic heterocycles. The Kier molecular flexibility index (Phi) is 5.52. The molecule has 0 aromatic rings. The summed E-state index contributed by atoms with van der Waals surface area (Å²) in [5.74, 6) is 0. The van der Waals surface area contributed by atoms with Crippen molar-refractivity contribution in [2.24, 2.45) is 5.73 Å². The van der Waals surface area contributed by atoms with Crippen LogP contribution in [0.25, 0.3) is 0 Å².